The molecule has 104 valence electrons. The van der Waals surface area contributed by atoms with Gasteiger partial charge in [0.1, 0.15) is 11.4 Å². The fraction of sp³-hybridized carbons (Fsp3) is 0.600. The fourth-order valence-corrected chi connectivity index (χ4v) is 1.60. The first-order valence-electron chi connectivity index (χ1n) is 6.14. The Morgan fingerprint density at radius 2 is 1.39 bits per heavy atom. The molecule has 1 aromatic carbocycles. The van der Waals surface area contributed by atoms with E-state index >= 15 is 0 Å². The van der Waals surface area contributed by atoms with Crippen molar-refractivity contribution in [1.29, 1.82) is 0 Å². The van der Waals surface area contributed by atoms with Gasteiger partial charge >= 0.3 is 0 Å². The normalized spacial score (nSPS) is 13.7. The lowest BCUT2D eigenvalue weighted by Crippen LogP contribution is -2.26. The van der Waals surface area contributed by atoms with E-state index in [1.807, 2.05) is 32.9 Å². The average Bonchev–Trinajstić information content (AvgIpc) is 2.14. The predicted molar refractivity (Wildman–Crippen MR) is 80.5 cm³/mol. The van der Waals surface area contributed by atoms with Crippen molar-refractivity contribution >= 4 is 12.4 Å². The van der Waals surface area contributed by atoms with E-state index in [4.69, 9.17) is 10.5 Å². The highest BCUT2D eigenvalue weighted by Gasteiger charge is 2.22. The molecule has 0 amide bonds. The molecule has 0 saturated carbocycles. The molecule has 0 unspecified atom stereocenters. The number of hydrogen-bond donors (Lipinski definition) is 1. The molecular formula is C15H26ClNO. The van der Waals surface area contributed by atoms with Gasteiger partial charge in [-0.2, -0.15) is 0 Å². The molecule has 0 radical (unpaired) electrons. The van der Waals surface area contributed by atoms with Gasteiger partial charge in [-0.3, -0.25) is 0 Å². The van der Waals surface area contributed by atoms with Crippen LogP contribution in [0.4, 0.5) is 0 Å². The summed E-state index contributed by atoms with van der Waals surface area (Å²) >= 11 is 0. The van der Waals surface area contributed by atoms with Crippen LogP contribution in [0.25, 0.3) is 0 Å². The standard InChI is InChI=1S/C15H25NO.ClH/c1-14(2,3)13(16)11-7-9-12(10-8-11)17-15(4,5)6;/h7-10,13H,16H2,1-6H3;1H/t13-;/m1./s1. The van der Waals surface area contributed by atoms with Gasteiger partial charge in [-0.1, -0.05) is 32.9 Å². The number of ether oxygens (including phenoxy) is 1. The second kappa shape index (κ2) is 5.94. The van der Waals surface area contributed by atoms with Crippen LogP contribution >= 0.6 is 12.4 Å². The minimum absolute atomic E-state index is 0. The summed E-state index contributed by atoms with van der Waals surface area (Å²) in [6.07, 6.45) is 0. The number of benzene rings is 1. The molecule has 2 N–H and O–H groups in total. The summed E-state index contributed by atoms with van der Waals surface area (Å²) in [5.41, 5.74) is 7.28. The van der Waals surface area contributed by atoms with Gasteiger partial charge in [-0.25, -0.2) is 0 Å². The number of rotatable bonds is 2. The Balaban J connectivity index is 0.00000289. The summed E-state index contributed by atoms with van der Waals surface area (Å²) in [6.45, 7) is 12.6. The van der Waals surface area contributed by atoms with Crippen molar-refractivity contribution in [3.63, 3.8) is 0 Å². The topological polar surface area (TPSA) is 35.2 Å². The zero-order valence-electron chi connectivity index (χ0n) is 12.3. The lowest BCUT2D eigenvalue weighted by Gasteiger charge is -2.28. The van der Waals surface area contributed by atoms with Gasteiger partial charge in [0.25, 0.3) is 0 Å². The van der Waals surface area contributed by atoms with E-state index in [0.717, 1.165) is 11.3 Å². The third-order valence-electron chi connectivity index (χ3n) is 2.60. The highest BCUT2D eigenvalue weighted by molar-refractivity contribution is 5.85. The number of halogens is 1. The van der Waals surface area contributed by atoms with Crippen LogP contribution in [0.5, 0.6) is 5.75 Å². The van der Waals surface area contributed by atoms with Crippen molar-refractivity contribution in [2.45, 2.75) is 53.2 Å². The molecule has 0 heterocycles. The first-order valence-corrected chi connectivity index (χ1v) is 6.14. The van der Waals surface area contributed by atoms with Gasteiger partial charge in [-0.05, 0) is 43.9 Å². The second-order valence-electron chi connectivity index (χ2n) is 6.63. The summed E-state index contributed by atoms with van der Waals surface area (Å²) in [7, 11) is 0. The highest BCUT2D eigenvalue weighted by atomic mass is 35.5. The lowest BCUT2D eigenvalue weighted by atomic mass is 9.83. The van der Waals surface area contributed by atoms with E-state index in [1.165, 1.54) is 0 Å². The van der Waals surface area contributed by atoms with Crippen LogP contribution in [0.2, 0.25) is 0 Å². The lowest BCUT2D eigenvalue weighted by molar-refractivity contribution is 0.131. The molecule has 0 bridgehead atoms. The first-order chi connectivity index (χ1) is 7.59. The fourth-order valence-electron chi connectivity index (χ4n) is 1.60. The molecule has 0 aliphatic heterocycles. The van der Waals surface area contributed by atoms with E-state index in [-0.39, 0.29) is 29.5 Å². The van der Waals surface area contributed by atoms with Gasteiger partial charge in [0.05, 0.1) is 0 Å². The van der Waals surface area contributed by atoms with Crippen LogP contribution < -0.4 is 10.5 Å². The monoisotopic (exact) mass is 271 g/mol. The van der Waals surface area contributed by atoms with Crippen molar-refractivity contribution < 1.29 is 4.74 Å². The molecule has 0 spiro atoms. The SMILES string of the molecule is CC(C)(C)Oc1ccc([C@@H](N)C(C)(C)C)cc1.Cl. The summed E-state index contributed by atoms with van der Waals surface area (Å²) in [4.78, 5) is 0. The molecule has 0 saturated heterocycles. The Morgan fingerprint density at radius 1 is 0.944 bits per heavy atom. The van der Waals surface area contributed by atoms with Crippen molar-refractivity contribution in [3.05, 3.63) is 29.8 Å². The molecule has 1 atom stereocenters. The quantitative estimate of drug-likeness (QED) is 0.869. The van der Waals surface area contributed by atoms with Crippen molar-refractivity contribution in [2.24, 2.45) is 11.1 Å². The summed E-state index contributed by atoms with van der Waals surface area (Å²) in [6, 6.07) is 8.14. The van der Waals surface area contributed by atoms with E-state index in [1.54, 1.807) is 0 Å². The minimum atomic E-state index is -0.159. The number of nitrogens with two attached hydrogens (primary N) is 1. The van der Waals surface area contributed by atoms with Crippen LogP contribution in [-0.2, 0) is 0 Å². The van der Waals surface area contributed by atoms with Crippen molar-refractivity contribution in [3.8, 4) is 5.75 Å². The van der Waals surface area contributed by atoms with Gasteiger partial charge in [0.2, 0.25) is 0 Å². The largest absolute Gasteiger partial charge is 0.488 e. The van der Waals surface area contributed by atoms with E-state index in [9.17, 15) is 0 Å². The molecule has 0 aliphatic rings. The van der Waals surface area contributed by atoms with E-state index in [0.29, 0.717) is 0 Å². The molecule has 0 aliphatic carbocycles. The Labute approximate surface area is 117 Å². The molecular weight excluding hydrogens is 246 g/mol. The Hall–Kier alpha value is -0.730. The zero-order valence-corrected chi connectivity index (χ0v) is 13.1. The highest BCUT2D eigenvalue weighted by Crippen LogP contribution is 2.31. The van der Waals surface area contributed by atoms with E-state index in [2.05, 4.69) is 32.9 Å². The van der Waals surface area contributed by atoms with Crippen LogP contribution in [0.1, 0.15) is 53.1 Å². The van der Waals surface area contributed by atoms with Gasteiger partial charge in [-0.15, -0.1) is 12.4 Å². The van der Waals surface area contributed by atoms with Crippen molar-refractivity contribution in [2.75, 3.05) is 0 Å². The molecule has 0 aromatic heterocycles. The van der Waals surface area contributed by atoms with Crippen molar-refractivity contribution in [1.82, 2.24) is 0 Å². The maximum Gasteiger partial charge on any atom is 0.120 e. The van der Waals surface area contributed by atoms with Crippen LogP contribution in [0.15, 0.2) is 24.3 Å². The molecule has 3 heteroatoms. The summed E-state index contributed by atoms with van der Waals surface area (Å²) in [5, 5.41) is 0. The van der Waals surface area contributed by atoms with Gasteiger partial charge in [0, 0.05) is 6.04 Å². The van der Waals surface area contributed by atoms with Gasteiger partial charge < -0.3 is 10.5 Å². The maximum absolute atomic E-state index is 6.21. The predicted octanol–water partition coefficient (Wildman–Crippen LogP) is 4.33. The average molecular weight is 272 g/mol. The third-order valence-corrected chi connectivity index (χ3v) is 2.60. The van der Waals surface area contributed by atoms with E-state index < -0.39 is 0 Å². The minimum Gasteiger partial charge on any atom is -0.488 e. The summed E-state index contributed by atoms with van der Waals surface area (Å²) < 4.78 is 5.78. The Kier molecular flexibility index (Phi) is 5.70. The molecule has 1 rings (SSSR count). The third kappa shape index (κ3) is 5.28. The van der Waals surface area contributed by atoms with Crippen LogP contribution in [0, 0.1) is 5.41 Å². The smallest absolute Gasteiger partial charge is 0.120 e. The first kappa shape index (κ1) is 17.3. The maximum atomic E-state index is 6.21. The molecule has 0 fully saturated rings. The Morgan fingerprint density at radius 3 is 1.72 bits per heavy atom. The summed E-state index contributed by atoms with van der Waals surface area (Å²) in [5.74, 6) is 0.891. The number of hydrogen-bond acceptors (Lipinski definition) is 2. The molecule has 18 heavy (non-hydrogen) atoms. The van der Waals surface area contributed by atoms with Crippen LogP contribution in [-0.4, -0.2) is 5.60 Å². The van der Waals surface area contributed by atoms with Gasteiger partial charge in [0.15, 0.2) is 0 Å². The molecule has 2 nitrogen and oxygen atoms in total. The molecule has 1 aromatic rings. The Bertz CT molecular complexity index is 360. The zero-order chi connectivity index (χ0) is 13.3. The van der Waals surface area contributed by atoms with Crippen LogP contribution in [0.3, 0.4) is 0 Å². The second-order valence-corrected chi connectivity index (χ2v) is 6.63.